The van der Waals surface area contributed by atoms with Gasteiger partial charge in [0.15, 0.2) is 0 Å². The van der Waals surface area contributed by atoms with Crippen molar-refractivity contribution in [1.82, 2.24) is 0 Å². The van der Waals surface area contributed by atoms with Crippen molar-refractivity contribution >= 4 is 20.5 Å². The molecule has 0 radical (unpaired) electrons. The van der Waals surface area contributed by atoms with Crippen molar-refractivity contribution < 1.29 is 27.9 Å². The first-order valence-electron chi connectivity index (χ1n) is 6.78. The number of rotatable bonds is 11. The summed E-state index contributed by atoms with van der Waals surface area (Å²) < 4.78 is 21.0. The first-order chi connectivity index (χ1) is 10.2. The monoisotopic (exact) mass is 328 g/mol. The van der Waals surface area contributed by atoms with E-state index in [9.17, 15) is 9.59 Å². The molecule has 0 fully saturated rings. The minimum atomic E-state index is -2.59. The zero-order valence-electron chi connectivity index (χ0n) is 13.5. The van der Waals surface area contributed by atoms with Gasteiger partial charge in [-0.25, -0.2) is 9.59 Å². The molecule has 0 aliphatic heterocycles. The molecule has 0 rings (SSSR count). The van der Waals surface area contributed by atoms with Crippen LogP contribution in [0.2, 0.25) is 6.55 Å². The number of carbonyl (C=O) groups excluding carboxylic acids is 2. The lowest BCUT2D eigenvalue weighted by atomic mass is 10.4. The molecule has 6 nitrogen and oxygen atoms in total. The summed E-state index contributed by atoms with van der Waals surface area (Å²) in [6, 6.07) is 0. The van der Waals surface area contributed by atoms with Gasteiger partial charge in [-0.15, -0.1) is 6.58 Å². The van der Waals surface area contributed by atoms with Crippen LogP contribution in [0.5, 0.6) is 0 Å². The van der Waals surface area contributed by atoms with Crippen LogP contribution in [0.25, 0.3) is 0 Å². The molecule has 22 heavy (non-hydrogen) atoms. The molecule has 0 atom stereocenters. The van der Waals surface area contributed by atoms with Crippen LogP contribution in [-0.2, 0) is 27.9 Å². The lowest BCUT2D eigenvalue weighted by Crippen LogP contribution is -2.39. The molecule has 0 aromatic heterocycles. The van der Waals surface area contributed by atoms with Gasteiger partial charge in [0.2, 0.25) is 0 Å². The molecule has 0 saturated heterocycles. The van der Waals surface area contributed by atoms with E-state index in [1.807, 2.05) is 0 Å². The van der Waals surface area contributed by atoms with E-state index in [0.29, 0.717) is 11.1 Å². The predicted molar refractivity (Wildman–Crippen MR) is 85.3 cm³/mol. The van der Waals surface area contributed by atoms with Gasteiger partial charge in [0, 0.05) is 11.1 Å². The quantitative estimate of drug-likeness (QED) is 0.250. The lowest BCUT2D eigenvalue weighted by molar-refractivity contribution is -0.140. The summed E-state index contributed by atoms with van der Waals surface area (Å²) in [5.74, 6) is -0.920. The van der Waals surface area contributed by atoms with Crippen molar-refractivity contribution in [2.75, 3.05) is 26.4 Å². The molecule has 0 aromatic rings. The average Bonchev–Trinajstić information content (AvgIpc) is 2.47. The third kappa shape index (κ3) is 8.55. The molecular weight excluding hydrogens is 304 g/mol. The van der Waals surface area contributed by atoms with Gasteiger partial charge in [-0.3, -0.25) is 0 Å². The van der Waals surface area contributed by atoms with E-state index in [1.54, 1.807) is 26.1 Å². The Labute approximate surface area is 132 Å². The van der Waals surface area contributed by atoms with E-state index in [2.05, 4.69) is 19.7 Å². The number of carbonyl (C=O) groups is 2. The standard InChI is InChI=1S/C15H24O6Si/c1-7-22(6,20-10-8-18-14(16)12(2)3)21-11-9-19-15(17)13(4)5/h7H,1-2,4,8-11H2,3,5-6H3. The van der Waals surface area contributed by atoms with Gasteiger partial charge in [0.25, 0.3) is 0 Å². The van der Waals surface area contributed by atoms with Crippen LogP contribution < -0.4 is 0 Å². The van der Waals surface area contributed by atoms with Gasteiger partial charge in [0.1, 0.15) is 13.2 Å². The smallest absolute Gasteiger partial charge is 0.361 e. The second-order valence-electron chi connectivity index (χ2n) is 4.75. The zero-order valence-corrected chi connectivity index (χ0v) is 14.5. The highest BCUT2D eigenvalue weighted by molar-refractivity contribution is 6.71. The third-order valence-electron chi connectivity index (χ3n) is 2.48. The maximum atomic E-state index is 11.2. The topological polar surface area (TPSA) is 71.1 Å². The van der Waals surface area contributed by atoms with Crippen LogP contribution in [0.4, 0.5) is 0 Å². The Hall–Kier alpha value is -1.70. The molecule has 0 amide bonds. The zero-order chi connectivity index (χ0) is 17.2. The normalized spacial score (nSPS) is 10.7. The van der Waals surface area contributed by atoms with Crippen LogP contribution in [-0.4, -0.2) is 46.9 Å². The van der Waals surface area contributed by atoms with Gasteiger partial charge in [-0.2, -0.15) is 0 Å². The minimum absolute atomic E-state index is 0.107. The fourth-order valence-electron chi connectivity index (χ4n) is 1.16. The highest BCUT2D eigenvalue weighted by atomic mass is 28.4. The van der Waals surface area contributed by atoms with Crippen molar-refractivity contribution in [2.24, 2.45) is 0 Å². The Kier molecular flexibility index (Phi) is 9.31. The predicted octanol–water partition coefficient (Wildman–Crippen LogP) is 2.06. The van der Waals surface area contributed by atoms with E-state index in [-0.39, 0.29) is 26.4 Å². The molecule has 0 aliphatic rings. The summed E-state index contributed by atoms with van der Waals surface area (Å²) in [5, 5.41) is 0. The number of hydrogen-bond acceptors (Lipinski definition) is 6. The van der Waals surface area contributed by atoms with Gasteiger partial charge in [-0.1, -0.05) is 13.2 Å². The molecule has 0 bridgehead atoms. The highest BCUT2D eigenvalue weighted by Crippen LogP contribution is 2.08. The maximum Gasteiger partial charge on any atom is 0.361 e. The van der Waals surface area contributed by atoms with Crippen LogP contribution in [0, 0.1) is 0 Å². The lowest BCUT2D eigenvalue weighted by Gasteiger charge is -2.23. The van der Waals surface area contributed by atoms with Gasteiger partial charge in [0.05, 0.1) is 13.2 Å². The van der Waals surface area contributed by atoms with Crippen LogP contribution in [0.1, 0.15) is 13.8 Å². The van der Waals surface area contributed by atoms with E-state index >= 15 is 0 Å². The Morgan fingerprint density at radius 2 is 1.27 bits per heavy atom. The summed E-state index contributed by atoms with van der Waals surface area (Å²) in [7, 11) is -2.59. The van der Waals surface area contributed by atoms with Crippen LogP contribution >= 0.6 is 0 Å². The fourth-order valence-corrected chi connectivity index (χ4v) is 2.46. The Bertz CT molecular complexity index is 409. The van der Waals surface area contributed by atoms with E-state index in [1.165, 1.54) is 0 Å². The van der Waals surface area contributed by atoms with E-state index in [0.717, 1.165) is 0 Å². The Morgan fingerprint density at radius 3 is 1.55 bits per heavy atom. The SMILES string of the molecule is C=C[Si](C)(OCCOC(=O)C(=C)C)OCCOC(=O)C(=C)C. The minimum Gasteiger partial charge on any atom is -0.460 e. The fraction of sp³-hybridized carbons (Fsp3) is 0.467. The maximum absolute atomic E-state index is 11.2. The van der Waals surface area contributed by atoms with Crippen molar-refractivity contribution in [2.45, 2.75) is 20.4 Å². The summed E-state index contributed by atoms with van der Waals surface area (Å²) in [6.07, 6.45) is 0. The van der Waals surface area contributed by atoms with Crippen LogP contribution in [0.15, 0.2) is 36.6 Å². The molecule has 7 heteroatoms. The van der Waals surface area contributed by atoms with Gasteiger partial charge in [-0.05, 0) is 26.1 Å². The summed E-state index contributed by atoms with van der Waals surface area (Å²) >= 11 is 0. The molecule has 0 saturated carbocycles. The molecule has 0 heterocycles. The van der Waals surface area contributed by atoms with Gasteiger partial charge >= 0.3 is 20.5 Å². The highest BCUT2D eigenvalue weighted by Gasteiger charge is 2.27. The Balaban J connectivity index is 4.01. The average molecular weight is 328 g/mol. The molecule has 0 N–H and O–H groups in total. The van der Waals surface area contributed by atoms with Crippen molar-refractivity contribution in [3.63, 3.8) is 0 Å². The molecule has 0 unspecified atom stereocenters. The first-order valence-corrected chi connectivity index (χ1v) is 9.18. The number of esters is 2. The summed E-state index contributed by atoms with van der Waals surface area (Å²) in [6.45, 7) is 16.2. The van der Waals surface area contributed by atoms with Crippen molar-refractivity contribution in [3.8, 4) is 0 Å². The largest absolute Gasteiger partial charge is 0.460 e. The van der Waals surface area contributed by atoms with Gasteiger partial charge < -0.3 is 18.3 Å². The summed E-state index contributed by atoms with van der Waals surface area (Å²) in [4.78, 5) is 22.4. The second-order valence-corrected chi connectivity index (χ2v) is 7.77. The molecule has 0 aliphatic carbocycles. The third-order valence-corrected chi connectivity index (χ3v) is 4.77. The summed E-state index contributed by atoms with van der Waals surface area (Å²) in [5.41, 5.74) is 2.27. The van der Waals surface area contributed by atoms with Crippen molar-refractivity contribution in [1.29, 1.82) is 0 Å². The number of ether oxygens (including phenoxy) is 2. The van der Waals surface area contributed by atoms with Crippen LogP contribution in [0.3, 0.4) is 0 Å². The van der Waals surface area contributed by atoms with E-state index in [4.69, 9.17) is 18.3 Å². The molecule has 0 aromatic carbocycles. The molecular formula is C15H24O6Si. The molecule has 124 valence electrons. The first kappa shape index (κ1) is 20.3. The second kappa shape index (κ2) is 10.1. The van der Waals surface area contributed by atoms with E-state index < -0.39 is 20.5 Å². The van der Waals surface area contributed by atoms with Crippen molar-refractivity contribution in [3.05, 3.63) is 36.6 Å². The Morgan fingerprint density at radius 1 is 0.909 bits per heavy atom. The molecule has 0 spiro atoms. The number of hydrogen-bond donors (Lipinski definition) is 0.